The molecule has 2 heterocycles. The molecule has 4 nitrogen and oxygen atoms in total. The Morgan fingerprint density at radius 1 is 1.26 bits per heavy atom. The number of hydrogen-bond acceptors (Lipinski definition) is 4. The number of methoxy groups -OCH3 is 1. The van der Waals surface area contributed by atoms with E-state index in [0.717, 1.165) is 17.1 Å². The van der Waals surface area contributed by atoms with E-state index in [-0.39, 0.29) is 6.04 Å². The van der Waals surface area contributed by atoms with Gasteiger partial charge in [-0.15, -0.1) is 0 Å². The van der Waals surface area contributed by atoms with Crippen LogP contribution in [0.4, 0.5) is 0 Å². The highest BCUT2D eigenvalue weighted by molar-refractivity contribution is 5.26. The molecule has 0 saturated carbocycles. The van der Waals surface area contributed by atoms with E-state index in [1.165, 1.54) is 5.56 Å². The van der Waals surface area contributed by atoms with Crippen LogP contribution in [0.15, 0.2) is 36.7 Å². The lowest BCUT2D eigenvalue weighted by Gasteiger charge is -2.14. The molecule has 0 saturated heterocycles. The topological polar surface area (TPSA) is 47.0 Å². The fourth-order valence-electron chi connectivity index (χ4n) is 1.94. The second-order valence-corrected chi connectivity index (χ2v) is 4.52. The normalized spacial score (nSPS) is 12.2. The third-order valence-electron chi connectivity index (χ3n) is 3.01. The average molecular weight is 257 g/mol. The Morgan fingerprint density at radius 3 is 2.68 bits per heavy atom. The zero-order valence-corrected chi connectivity index (χ0v) is 11.6. The quantitative estimate of drug-likeness (QED) is 0.894. The minimum absolute atomic E-state index is 0.260. The number of aromatic nitrogens is 2. The van der Waals surface area contributed by atoms with Gasteiger partial charge in [0.1, 0.15) is 5.75 Å². The summed E-state index contributed by atoms with van der Waals surface area (Å²) in [6, 6.07) is 8.18. The fourth-order valence-corrected chi connectivity index (χ4v) is 1.94. The molecule has 1 N–H and O–H groups in total. The van der Waals surface area contributed by atoms with Crippen molar-refractivity contribution in [3.8, 4) is 5.75 Å². The van der Waals surface area contributed by atoms with E-state index in [1.807, 2.05) is 43.6 Å². The minimum Gasteiger partial charge on any atom is -0.497 e. The first kappa shape index (κ1) is 13.5. The summed E-state index contributed by atoms with van der Waals surface area (Å²) in [4.78, 5) is 8.52. The van der Waals surface area contributed by atoms with E-state index >= 15 is 0 Å². The SMILES string of the molecule is COc1cc(C)nc(CN[C@@H](C)c2ccncc2)c1. The van der Waals surface area contributed by atoms with Crippen LogP contribution in [-0.4, -0.2) is 17.1 Å². The lowest BCUT2D eigenvalue weighted by molar-refractivity contribution is 0.412. The molecule has 19 heavy (non-hydrogen) atoms. The number of ether oxygens (including phenoxy) is 1. The Kier molecular flexibility index (Phi) is 4.47. The summed E-state index contributed by atoms with van der Waals surface area (Å²) in [6.07, 6.45) is 3.61. The largest absolute Gasteiger partial charge is 0.497 e. The van der Waals surface area contributed by atoms with Gasteiger partial charge in [0.05, 0.1) is 12.8 Å². The number of aryl methyl sites for hydroxylation is 1. The van der Waals surface area contributed by atoms with E-state index in [9.17, 15) is 0 Å². The van der Waals surface area contributed by atoms with Gasteiger partial charge in [-0.25, -0.2) is 0 Å². The molecule has 0 aliphatic carbocycles. The molecule has 0 aliphatic rings. The zero-order valence-electron chi connectivity index (χ0n) is 11.6. The van der Waals surface area contributed by atoms with Gasteiger partial charge < -0.3 is 10.1 Å². The van der Waals surface area contributed by atoms with Crippen LogP contribution in [0.25, 0.3) is 0 Å². The van der Waals surface area contributed by atoms with Crippen molar-refractivity contribution < 1.29 is 4.74 Å². The standard InChI is InChI=1S/C15H19N3O/c1-11-8-15(19-3)9-14(18-11)10-17-12(2)13-4-6-16-7-5-13/h4-9,12,17H,10H2,1-3H3/t12-/m0/s1. The maximum absolute atomic E-state index is 5.25. The molecule has 0 fully saturated rings. The van der Waals surface area contributed by atoms with Gasteiger partial charge in [-0.05, 0) is 31.5 Å². The second-order valence-electron chi connectivity index (χ2n) is 4.52. The van der Waals surface area contributed by atoms with Crippen molar-refractivity contribution in [1.82, 2.24) is 15.3 Å². The Bertz CT molecular complexity index is 528. The number of nitrogens with one attached hydrogen (secondary N) is 1. The summed E-state index contributed by atoms with van der Waals surface area (Å²) in [6.45, 7) is 4.81. The van der Waals surface area contributed by atoms with Crippen molar-refractivity contribution in [3.05, 3.63) is 53.6 Å². The Hall–Kier alpha value is -1.94. The highest BCUT2D eigenvalue weighted by atomic mass is 16.5. The van der Waals surface area contributed by atoms with Gasteiger partial charge in [-0.2, -0.15) is 0 Å². The number of hydrogen-bond donors (Lipinski definition) is 1. The first-order valence-corrected chi connectivity index (χ1v) is 6.34. The molecular formula is C15H19N3O. The van der Waals surface area contributed by atoms with Crippen LogP contribution < -0.4 is 10.1 Å². The van der Waals surface area contributed by atoms with E-state index < -0.39 is 0 Å². The van der Waals surface area contributed by atoms with Crippen LogP contribution in [0, 0.1) is 6.92 Å². The van der Waals surface area contributed by atoms with Gasteiger partial charge in [0.25, 0.3) is 0 Å². The van der Waals surface area contributed by atoms with Gasteiger partial charge in [-0.1, -0.05) is 0 Å². The molecule has 0 bridgehead atoms. The van der Waals surface area contributed by atoms with Crippen LogP contribution >= 0.6 is 0 Å². The Balaban J connectivity index is 2.01. The van der Waals surface area contributed by atoms with Gasteiger partial charge in [0.2, 0.25) is 0 Å². The highest BCUT2D eigenvalue weighted by Crippen LogP contribution is 2.15. The first-order chi connectivity index (χ1) is 9.19. The van der Waals surface area contributed by atoms with Crippen LogP contribution in [0.5, 0.6) is 5.75 Å². The molecule has 0 radical (unpaired) electrons. The molecule has 0 spiro atoms. The molecule has 0 aliphatic heterocycles. The van der Waals surface area contributed by atoms with Gasteiger partial charge in [0.15, 0.2) is 0 Å². The van der Waals surface area contributed by atoms with Crippen molar-refractivity contribution >= 4 is 0 Å². The summed E-state index contributed by atoms with van der Waals surface area (Å²) in [5, 5.41) is 3.45. The number of nitrogens with zero attached hydrogens (tertiary/aromatic N) is 2. The van der Waals surface area contributed by atoms with Gasteiger partial charge in [-0.3, -0.25) is 9.97 Å². The summed E-state index contributed by atoms with van der Waals surface area (Å²) < 4.78 is 5.25. The smallest absolute Gasteiger partial charge is 0.122 e. The molecule has 0 amide bonds. The van der Waals surface area contributed by atoms with Crippen molar-refractivity contribution in [2.75, 3.05) is 7.11 Å². The van der Waals surface area contributed by atoms with E-state index in [1.54, 1.807) is 7.11 Å². The molecule has 1 atom stereocenters. The van der Waals surface area contributed by atoms with Crippen LogP contribution in [0.1, 0.15) is 29.9 Å². The predicted molar refractivity (Wildman–Crippen MR) is 75.0 cm³/mol. The van der Waals surface area contributed by atoms with Crippen molar-refractivity contribution in [1.29, 1.82) is 0 Å². The minimum atomic E-state index is 0.260. The van der Waals surface area contributed by atoms with Crippen molar-refractivity contribution in [2.24, 2.45) is 0 Å². The molecule has 4 heteroatoms. The van der Waals surface area contributed by atoms with Gasteiger partial charge in [0, 0.05) is 42.8 Å². The molecule has 100 valence electrons. The molecule has 2 aromatic rings. The monoisotopic (exact) mass is 257 g/mol. The van der Waals surface area contributed by atoms with Crippen LogP contribution in [0.2, 0.25) is 0 Å². The molecule has 0 aromatic carbocycles. The lowest BCUT2D eigenvalue weighted by Crippen LogP contribution is -2.19. The third kappa shape index (κ3) is 3.76. The molecular weight excluding hydrogens is 238 g/mol. The maximum Gasteiger partial charge on any atom is 0.122 e. The third-order valence-corrected chi connectivity index (χ3v) is 3.01. The number of rotatable bonds is 5. The fraction of sp³-hybridized carbons (Fsp3) is 0.333. The first-order valence-electron chi connectivity index (χ1n) is 6.34. The summed E-state index contributed by atoms with van der Waals surface area (Å²) in [7, 11) is 1.67. The van der Waals surface area contributed by atoms with Crippen LogP contribution in [-0.2, 0) is 6.54 Å². The summed E-state index contributed by atoms with van der Waals surface area (Å²) in [5.41, 5.74) is 3.17. The van der Waals surface area contributed by atoms with E-state index in [0.29, 0.717) is 6.54 Å². The summed E-state index contributed by atoms with van der Waals surface area (Å²) in [5.74, 6) is 0.848. The summed E-state index contributed by atoms with van der Waals surface area (Å²) >= 11 is 0. The lowest BCUT2D eigenvalue weighted by atomic mass is 10.1. The Labute approximate surface area is 113 Å². The molecule has 2 aromatic heterocycles. The van der Waals surface area contributed by atoms with Crippen molar-refractivity contribution in [3.63, 3.8) is 0 Å². The molecule has 0 unspecified atom stereocenters. The Morgan fingerprint density at radius 2 is 2.00 bits per heavy atom. The van der Waals surface area contributed by atoms with Crippen molar-refractivity contribution in [2.45, 2.75) is 26.4 Å². The van der Waals surface area contributed by atoms with Crippen LogP contribution in [0.3, 0.4) is 0 Å². The average Bonchev–Trinajstić information content (AvgIpc) is 2.45. The van der Waals surface area contributed by atoms with E-state index in [4.69, 9.17) is 4.74 Å². The zero-order chi connectivity index (χ0) is 13.7. The highest BCUT2D eigenvalue weighted by Gasteiger charge is 2.06. The van der Waals surface area contributed by atoms with E-state index in [2.05, 4.69) is 22.2 Å². The number of pyridine rings is 2. The second kappa shape index (κ2) is 6.29. The maximum atomic E-state index is 5.25. The molecule has 2 rings (SSSR count). The predicted octanol–water partition coefficient (Wildman–Crippen LogP) is 2.64. The van der Waals surface area contributed by atoms with Gasteiger partial charge >= 0.3 is 0 Å².